The van der Waals surface area contributed by atoms with E-state index in [-0.39, 0.29) is 0 Å². The number of rotatable bonds is 1. The number of benzene rings is 1. The molecule has 2 nitrogen and oxygen atoms in total. The van der Waals surface area contributed by atoms with Crippen molar-refractivity contribution >= 4 is 5.69 Å². The molecule has 0 atom stereocenters. The minimum Gasteiger partial charge on any atom is -0.386 e. The first-order chi connectivity index (χ1) is 8.07. The number of hydrogen-bond donors (Lipinski definition) is 1. The van der Waals surface area contributed by atoms with Crippen LogP contribution >= 0.6 is 0 Å². The Bertz CT molecular complexity index is 443. The molecule has 0 radical (unpaired) electrons. The molecule has 0 unspecified atom stereocenters. The number of aryl methyl sites for hydroxylation is 1. The van der Waals surface area contributed by atoms with Gasteiger partial charge in [0.2, 0.25) is 0 Å². The fraction of sp³-hybridized carbons (Fsp3) is 0.600. The SMILES string of the molecule is CC(C)(O)c1ccc2c3c1CCCN3CCC2. The van der Waals surface area contributed by atoms with Gasteiger partial charge in [-0.2, -0.15) is 0 Å². The highest BCUT2D eigenvalue weighted by molar-refractivity contribution is 5.65. The minimum atomic E-state index is -0.717. The van der Waals surface area contributed by atoms with Crippen LogP contribution in [0.25, 0.3) is 0 Å². The lowest BCUT2D eigenvalue weighted by atomic mass is 9.83. The minimum absolute atomic E-state index is 0.717. The molecule has 0 saturated carbocycles. The highest BCUT2D eigenvalue weighted by Gasteiger charge is 2.29. The molecular weight excluding hydrogens is 210 g/mol. The van der Waals surface area contributed by atoms with Crippen LogP contribution < -0.4 is 4.90 Å². The summed E-state index contributed by atoms with van der Waals surface area (Å²) in [7, 11) is 0. The van der Waals surface area contributed by atoms with Gasteiger partial charge in [0.05, 0.1) is 5.60 Å². The van der Waals surface area contributed by atoms with Gasteiger partial charge in [-0.3, -0.25) is 0 Å². The van der Waals surface area contributed by atoms with Crippen molar-refractivity contribution in [3.05, 3.63) is 28.8 Å². The maximum absolute atomic E-state index is 10.3. The maximum Gasteiger partial charge on any atom is 0.0843 e. The van der Waals surface area contributed by atoms with Crippen LogP contribution in [0.5, 0.6) is 0 Å². The van der Waals surface area contributed by atoms with E-state index in [1.165, 1.54) is 49.2 Å². The molecule has 2 heterocycles. The lowest BCUT2D eigenvalue weighted by molar-refractivity contribution is 0.0775. The first-order valence-corrected chi connectivity index (χ1v) is 6.70. The molecule has 1 N–H and O–H groups in total. The van der Waals surface area contributed by atoms with Gasteiger partial charge in [0.15, 0.2) is 0 Å². The lowest BCUT2D eigenvalue weighted by Crippen LogP contribution is -2.36. The van der Waals surface area contributed by atoms with Crippen LogP contribution in [0, 0.1) is 0 Å². The Morgan fingerprint density at radius 3 is 2.53 bits per heavy atom. The molecule has 0 aromatic heterocycles. The molecule has 3 rings (SSSR count). The van der Waals surface area contributed by atoms with E-state index in [0.717, 1.165) is 12.0 Å². The Kier molecular flexibility index (Phi) is 2.44. The molecule has 0 aliphatic carbocycles. The van der Waals surface area contributed by atoms with E-state index in [2.05, 4.69) is 17.0 Å². The van der Waals surface area contributed by atoms with Crippen molar-refractivity contribution in [1.82, 2.24) is 0 Å². The molecule has 0 bridgehead atoms. The molecule has 2 heteroatoms. The summed E-state index contributed by atoms with van der Waals surface area (Å²) in [6, 6.07) is 4.37. The van der Waals surface area contributed by atoms with Crippen LogP contribution in [0.4, 0.5) is 5.69 Å². The fourth-order valence-electron chi connectivity index (χ4n) is 3.35. The van der Waals surface area contributed by atoms with E-state index in [1.54, 1.807) is 0 Å². The first kappa shape index (κ1) is 11.1. The van der Waals surface area contributed by atoms with Gasteiger partial charge in [0, 0.05) is 18.8 Å². The summed E-state index contributed by atoms with van der Waals surface area (Å²) in [6.45, 7) is 6.17. The monoisotopic (exact) mass is 231 g/mol. The predicted molar refractivity (Wildman–Crippen MR) is 70.5 cm³/mol. The van der Waals surface area contributed by atoms with E-state index in [1.807, 2.05) is 13.8 Å². The molecule has 92 valence electrons. The Labute approximate surface area is 103 Å². The molecule has 2 aliphatic heterocycles. The third-order valence-electron chi connectivity index (χ3n) is 4.07. The summed E-state index contributed by atoms with van der Waals surface area (Å²) in [5, 5.41) is 10.3. The molecular formula is C15H21NO. The van der Waals surface area contributed by atoms with Gasteiger partial charge in [0.1, 0.15) is 0 Å². The zero-order valence-corrected chi connectivity index (χ0v) is 10.8. The van der Waals surface area contributed by atoms with E-state index in [9.17, 15) is 5.11 Å². The molecule has 0 fully saturated rings. The van der Waals surface area contributed by atoms with Gasteiger partial charge in [0.25, 0.3) is 0 Å². The number of aliphatic hydroxyl groups is 1. The highest BCUT2D eigenvalue weighted by atomic mass is 16.3. The normalized spacial score (nSPS) is 19.1. The predicted octanol–water partition coefficient (Wildman–Crippen LogP) is 2.61. The number of anilines is 1. The first-order valence-electron chi connectivity index (χ1n) is 6.70. The van der Waals surface area contributed by atoms with Gasteiger partial charge >= 0.3 is 0 Å². The molecule has 0 amide bonds. The zero-order valence-electron chi connectivity index (χ0n) is 10.8. The average molecular weight is 231 g/mol. The highest BCUT2D eigenvalue weighted by Crippen LogP contribution is 2.40. The van der Waals surface area contributed by atoms with Crippen molar-refractivity contribution in [1.29, 1.82) is 0 Å². The summed E-state index contributed by atoms with van der Waals surface area (Å²) in [4.78, 5) is 2.52. The van der Waals surface area contributed by atoms with Crippen molar-refractivity contribution in [2.45, 2.75) is 45.1 Å². The van der Waals surface area contributed by atoms with Crippen LogP contribution in [-0.4, -0.2) is 18.2 Å². The van der Waals surface area contributed by atoms with Crippen molar-refractivity contribution in [2.75, 3.05) is 18.0 Å². The fourth-order valence-corrected chi connectivity index (χ4v) is 3.35. The molecule has 0 spiro atoms. The molecule has 0 saturated heterocycles. The Morgan fingerprint density at radius 1 is 1.12 bits per heavy atom. The van der Waals surface area contributed by atoms with E-state index >= 15 is 0 Å². The molecule has 1 aromatic carbocycles. The third-order valence-corrected chi connectivity index (χ3v) is 4.07. The van der Waals surface area contributed by atoms with Crippen LogP contribution in [0.3, 0.4) is 0 Å². The van der Waals surface area contributed by atoms with Gasteiger partial charge in [-0.25, -0.2) is 0 Å². The molecule has 2 aliphatic rings. The van der Waals surface area contributed by atoms with Crippen molar-refractivity contribution in [2.24, 2.45) is 0 Å². The second kappa shape index (κ2) is 3.74. The van der Waals surface area contributed by atoms with Crippen LogP contribution in [0.1, 0.15) is 43.4 Å². The summed E-state index contributed by atoms with van der Waals surface area (Å²) in [5.74, 6) is 0. The van der Waals surface area contributed by atoms with Crippen molar-refractivity contribution in [3.8, 4) is 0 Å². The summed E-state index contributed by atoms with van der Waals surface area (Å²) >= 11 is 0. The van der Waals surface area contributed by atoms with Gasteiger partial charge in [-0.15, -0.1) is 0 Å². The summed E-state index contributed by atoms with van der Waals surface area (Å²) in [6.07, 6.45) is 4.82. The average Bonchev–Trinajstić information content (AvgIpc) is 2.28. The summed E-state index contributed by atoms with van der Waals surface area (Å²) < 4.78 is 0. The summed E-state index contributed by atoms with van der Waals surface area (Å²) in [5.41, 5.74) is 4.75. The largest absolute Gasteiger partial charge is 0.386 e. The smallest absolute Gasteiger partial charge is 0.0843 e. The zero-order chi connectivity index (χ0) is 12.0. The van der Waals surface area contributed by atoms with E-state index in [4.69, 9.17) is 0 Å². The quantitative estimate of drug-likeness (QED) is 0.803. The van der Waals surface area contributed by atoms with E-state index in [0.29, 0.717) is 0 Å². The van der Waals surface area contributed by atoms with Crippen LogP contribution in [0.2, 0.25) is 0 Å². The van der Waals surface area contributed by atoms with Crippen LogP contribution in [0.15, 0.2) is 12.1 Å². The van der Waals surface area contributed by atoms with Crippen molar-refractivity contribution in [3.63, 3.8) is 0 Å². The Hall–Kier alpha value is -1.02. The second-order valence-electron chi connectivity index (χ2n) is 5.85. The standard InChI is InChI=1S/C15H21NO/c1-15(2,17)13-8-7-11-5-3-9-16-10-4-6-12(13)14(11)16/h7-8,17H,3-6,9-10H2,1-2H3. The van der Waals surface area contributed by atoms with Crippen molar-refractivity contribution < 1.29 is 5.11 Å². The molecule has 17 heavy (non-hydrogen) atoms. The van der Waals surface area contributed by atoms with E-state index < -0.39 is 5.60 Å². The second-order valence-corrected chi connectivity index (χ2v) is 5.85. The number of nitrogens with zero attached hydrogens (tertiary/aromatic N) is 1. The van der Waals surface area contributed by atoms with Gasteiger partial charge in [-0.1, -0.05) is 12.1 Å². The Morgan fingerprint density at radius 2 is 1.82 bits per heavy atom. The maximum atomic E-state index is 10.3. The van der Waals surface area contributed by atoms with Gasteiger partial charge < -0.3 is 10.0 Å². The molecule has 1 aromatic rings. The lowest BCUT2D eigenvalue weighted by Gasteiger charge is -2.39. The third kappa shape index (κ3) is 1.75. The topological polar surface area (TPSA) is 23.5 Å². The van der Waals surface area contributed by atoms with Gasteiger partial charge in [-0.05, 0) is 56.2 Å². The Balaban J connectivity index is 2.20. The van der Waals surface area contributed by atoms with Crippen LogP contribution in [-0.2, 0) is 18.4 Å². The number of hydrogen-bond acceptors (Lipinski definition) is 2.